The van der Waals surface area contributed by atoms with Crippen molar-refractivity contribution in [2.75, 3.05) is 5.73 Å². The van der Waals surface area contributed by atoms with Crippen LogP contribution < -0.4 is 11.3 Å². The van der Waals surface area contributed by atoms with Crippen molar-refractivity contribution in [3.8, 4) is 0 Å². The highest BCUT2D eigenvalue weighted by Gasteiger charge is 2.50. The maximum atomic E-state index is 12.1. The number of aryl methyl sites for hydroxylation is 1. The normalized spacial score (nSPS) is 39.7. The number of anilines is 1. The highest BCUT2D eigenvalue weighted by molar-refractivity contribution is 5.19. The Balaban J connectivity index is 1.77. The van der Waals surface area contributed by atoms with E-state index in [1.54, 1.807) is 11.7 Å². The maximum absolute atomic E-state index is 12.1. The van der Waals surface area contributed by atoms with Gasteiger partial charge in [0.15, 0.2) is 0 Å². The van der Waals surface area contributed by atoms with Gasteiger partial charge in [0, 0.05) is 13.0 Å². The minimum Gasteiger partial charge on any atom is -0.368 e. The SMILES string of the molecule is Cn1nc(C2C3CC4CC(C3)CC2C4)c(=O)nc1N. The first-order valence-electron chi connectivity index (χ1n) is 7.32. The van der Waals surface area contributed by atoms with E-state index in [0.29, 0.717) is 23.4 Å². The second-order valence-electron chi connectivity index (χ2n) is 6.74. The van der Waals surface area contributed by atoms with Crippen LogP contribution >= 0.6 is 0 Å². The van der Waals surface area contributed by atoms with Crippen molar-refractivity contribution in [1.29, 1.82) is 0 Å². The zero-order valence-electron chi connectivity index (χ0n) is 11.2. The van der Waals surface area contributed by atoms with Gasteiger partial charge in [-0.15, -0.1) is 0 Å². The van der Waals surface area contributed by atoms with E-state index in [0.717, 1.165) is 11.8 Å². The largest absolute Gasteiger partial charge is 0.368 e. The molecule has 5 heteroatoms. The van der Waals surface area contributed by atoms with Crippen molar-refractivity contribution in [3.05, 3.63) is 16.0 Å². The lowest BCUT2D eigenvalue weighted by Gasteiger charge is -2.53. The predicted molar refractivity (Wildman–Crippen MR) is 71.5 cm³/mol. The smallest absolute Gasteiger partial charge is 0.296 e. The Bertz CT molecular complexity index is 551. The zero-order chi connectivity index (χ0) is 13.1. The van der Waals surface area contributed by atoms with Gasteiger partial charge >= 0.3 is 0 Å². The lowest BCUT2D eigenvalue weighted by Crippen LogP contribution is -2.46. The van der Waals surface area contributed by atoms with Crippen LogP contribution in [-0.2, 0) is 7.05 Å². The van der Waals surface area contributed by atoms with Crippen LogP contribution in [0.5, 0.6) is 0 Å². The van der Waals surface area contributed by atoms with Crippen LogP contribution in [0.25, 0.3) is 0 Å². The molecule has 1 heterocycles. The molecule has 0 radical (unpaired) electrons. The van der Waals surface area contributed by atoms with Crippen LogP contribution in [0.3, 0.4) is 0 Å². The van der Waals surface area contributed by atoms with Crippen LogP contribution in [0.4, 0.5) is 5.95 Å². The molecule has 5 rings (SSSR count). The zero-order valence-corrected chi connectivity index (χ0v) is 11.2. The molecule has 1 aromatic rings. The summed E-state index contributed by atoms with van der Waals surface area (Å²) in [5.41, 5.74) is 6.12. The van der Waals surface area contributed by atoms with E-state index in [1.807, 2.05) is 0 Å². The quantitative estimate of drug-likeness (QED) is 0.826. The molecule has 0 atom stereocenters. The molecule has 5 nitrogen and oxygen atoms in total. The number of hydrogen-bond donors (Lipinski definition) is 1. The van der Waals surface area contributed by atoms with Gasteiger partial charge < -0.3 is 5.73 Å². The number of rotatable bonds is 1. The fourth-order valence-electron chi connectivity index (χ4n) is 5.07. The molecule has 2 N–H and O–H groups in total. The van der Waals surface area contributed by atoms with E-state index < -0.39 is 0 Å². The van der Waals surface area contributed by atoms with Gasteiger partial charge in [-0.05, 0) is 55.8 Å². The van der Waals surface area contributed by atoms with Crippen LogP contribution in [0.2, 0.25) is 0 Å². The Labute approximate surface area is 112 Å². The molecular formula is C14H20N4O. The van der Waals surface area contributed by atoms with Crippen molar-refractivity contribution >= 4 is 5.95 Å². The van der Waals surface area contributed by atoms with Crippen molar-refractivity contribution in [2.24, 2.45) is 30.7 Å². The standard InChI is InChI=1S/C14H20N4O/c1-18-14(15)16-13(19)12(17-18)11-9-3-7-2-8(5-9)6-10(11)4-7/h7-11H,2-6H2,1H3,(H2,15,16,19). The van der Waals surface area contributed by atoms with E-state index in [4.69, 9.17) is 5.73 Å². The predicted octanol–water partition coefficient (Wildman–Crippen LogP) is 1.30. The Morgan fingerprint density at radius 1 is 1.11 bits per heavy atom. The second kappa shape index (κ2) is 3.81. The average molecular weight is 260 g/mol. The average Bonchev–Trinajstić information content (AvgIpc) is 2.34. The number of hydrogen-bond acceptors (Lipinski definition) is 4. The molecule has 0 unspecified atom stereocenters. The third kappa shape index (κ3) is 1.63. The molecule has 4 fully saturated rings. The molecule has 102 valence electrons. The Morgan fingerprint density at radius 2 is 1.68 bits per heavy atom. The summed E-state index contributed by atoms with van der Waals surface area (Å²) in [6.45, 7) is 0. The minimum absolute atomic E-state index is 0.201. The molecular weight excluding hydrogens is 240 g/mol. The van der Waals surface area contributed by atoms with E-state index >= 15 is 0 Å². The summed E-state index contributed by atoms with van der Waals surface area (Å²) in [7, 11) is 1.77. The number of nitrogens with zero attached hydrogens (tertiary/aromatic N) is 3. The Morgan fingerprint density at radius 3 is 2.26 bits per heavy atom. The third-order valence-corrected chi connectivity index (χ3v) is 5.57. The highest BCUT2D eigenvalue weighted by Crippen LogP contribution is 2.59. The maximum Gasteiger partial charge on any atom is 0.296 e. The minimum atomic E-state index is -0.201. The summed E-state index contributed by atoms with van der Waals surface area (Å²) in [6.07, 6.45) is 6.56. The molecule has 0 aliphatic heterocycles. The first-order valence-corrected chi connectivity index (χ1v) is 7.32. The summed E-state index contributed by atoms with van der Waals surface area (Å²) in [5.74, 6) is 3.66. The first kappa shape index (κ1) is 11.4. The second-order valence-corrected chi connectivity index (χ2v) is 6.74. The van der Waals surface area contributed by atoms with Crippen LogP contribution in [-0.4, -0.2) is 14.8 Å². The van der Waals surface area contributed by atoms with Crippen molar-refractivity contribution in [1.82, 2.24) is 14.8 Å². The van der Waals surface area contributed by atoms with Crippen LogP contribution in [0.1, 0.15) is 43.7 Å². The summed E-state index contributed by atoms with van der Waals surface area (Å²) < 4.78 is 1.54. The van der Waals surface area contributed by atoms with Gasteiger partial charge in [-0.3, -0.25) is 4.79 Å². The topological polar surface area (TPSA) is 73.8 Å². The summed E-state index contributed by atoms with van der Waals surface area (Å²) in [5, 5.41) is 4.43. The van der Waals surface area contributed by atoms with Crippen LogP contribution in [0.15, 0.2) is 4.79 Å². The Hall–Kier alpha value is -1.39. The third-order valence-electron chi connectivity index (χ3n) is 5.57. The molecule has 4 aliphatic carbocycles. The van der Waals surface area contributed by atoms with Crippen molar-refractivity contribution in [2.45, 2.75) is 38.0 Å². The van der Waals surface area contributed by atoms with Gasteiger partial charge in [0.1, 0.15) is 5.69 Å². The lowest BCUT2D eigenvalue weighted by molar-refractivity contribution is -0.00518. The molecule has 0 saturated heterocycles. The highest BCUT2D eigenvalue weighted by atomic mass is 16.1. The molecule has 4 bridgehead atoms. The molecule has 0 amide bonds. The molecule has 0 aromatic carbocycles. The summed E-state index contributed by atoms with van der Waals surface area (Å²) in [6, 6.07) is 0. The fourth-order valence-corrected chi connectivity index (χ4v) is 5.07. The first-order chi connectivity index (χ1) is 9.11. The van der Waals surface area contributed by atoms with Gasteiger partial charge in [0.2, 0.25) is 5.95 Å². The van der Waals surface area contributed by atoms with Crippen molar-refractivity contribution < 1.29 is 0 Å². The van der Waals surface area contributed by atoms with Gasteiger partial charge in [-0.25, -0.2) is 4.68 Å². The van der Waals surface area contributed by atoms with Gasteiger partial charge in [-0.2, -0.15) is 10.1 Å². The van der Waals surface area contributed by atoms with E-state index in [-0.39, 0.29) is 11.5 Å². The monoisotopic (exact) mass is 260 g/mol. The lowest BCUT2D eigenvalue weighted by atomic mass is 9.51. The molecule has 0 spiro atoms. The molecule has 4 aliphatic rings. The Kier molecular flexibility index (Phi) is 2.29. The van der Waals surface area contributed by atoms with E-state index in [1.165, 1.54) is 32.1 Å². The summed E-state index contributed by atoms with van der Waals surface area (Å²) >= 11 is 0. The van der Waals surface area contributed by atoms with Crippen molar-refractivity contribution in [3.63, 3.8) is 0 Å². The van der Waals surface area contributed by atoms with Crippen LogP contribution in [0, 0.1) is 23.7 Å². The number of nitrogen functional groups attached to an aromatic ring is 1. The number of aromatic nitrogens is 3. The van der Waals surface area contributed by atoms with E-state index in [9.17, 15) is 4.79 Å². The fraction of sp³-hybridized carbons (Fsp3) is 0.786. The molecule has 4 saturated carbocycles. The van der Waals surface area contributed by atoms with Gasteiger partial charge in [-0.1, -0.05) is 0 Å². The summed E-state index contributed by atoms with van der Waals surface area (Å²) in [4.78, 5) is 16.1. The number of nitrogens with two attached hydrogens (primary N) is 1. The van der Waals surface area contributed by atoms with Gasteiger partial charge in [0.05, 0.1) is 0 Å². The van der Waals surface area contributed by atoms with E-state index in [2.05, 4.69) is 10.1 Å². The molecule has 1 aromatic heterocycles. The van der Waals surface area contributed by atoms with Gasteiger partial charge in [0.25, 0.3) is 5.56 Å². The molecule has 19 heavy (non-hydrogen) atoms.